The van der Waals surface area contributed by atoms with Gasteiger partial charge in [-0.3, -0.25) is 4.79 Å². The first-order chi connectivity index (χ1) is 11.1. The van der Waals surface area contributed by atoms with E-state index in [0.717, 1.165) is 21.5 Å². The van der Waals surface area contributed by atoms with Gasteiger partial charge in [0.25, 0.3) is 0 Å². The van der Waals surface area contributed by atoms with Crippen LogP contribution in [0.4, 0.5) is 5.69 Å². The third-order valence-corrected chi connectivity index (χ3v) is 3.89. The first-order valence-electron chi connectivity index (χ1n) is 7.60. The number of anilines is 1. The van der Waals surface area contributed by atoms with Crippen molar-refractivity contribution in [1.82, 2.24) is 5.32 Å². The Labute approximate surface area is 145 Å². The number of rotatable bonds is 7. The molecule has 0 saturated heterocycles. The zero-order chi connectivity index (χ0) is 16.7. The molecule has 5 heteroatoms. The highest BCUT2D eigenvalue weighted by Gasteiger charge is 2.09. The van der Waals surface area contributed by atoms with Gasteiger partial charge in [-0.15, -0.1) is 0 Å². The molecule has 2 rings (SSSR count). The zero-order valence-electron chi connectivity index (χ0n) is 13.3. The molecule has 2 N–H and O–H groups in total. The third-order valence-electron chi connectivity index (χ3n) is 3.37. The van der Waals surface area contributed by atoms with E-state index in [1.807, 2.05) is 62.4 Å². The summed E-state index contributed by atoms with van der Waals surface area (Å²) in [6.45, 7) is 4.79. The minimum Gasteiger partial charge on any atom is -0.494 e. The first-order valence-corrected chi connectivity index (χ1v) is 8.39. The van der Waals surface area contributed by atoms with E-state index >= 15 is 0 Å². The van der Waals surface area contributed by atoms with Crippen molar-refractivity contribution < 1.29 is 9.53 Å². The Morgan fingerprint density at radius 2 is 1.78 bits per heavy atom. The molecule has 0 aliphatic rings. The summed E-state index contributed by atoms with van der Waals surface area (Å²) in [5, 5.41) is 6.08. The average Bonchev–Trinajstić information content (AvgIpc) is 2.55. The molecule has 0 fully saturated rings. The van der Waals surface area contributed by atoms with Crippen molar-refractivity contribution in [2.45, 2.75) is 19.9 Å². The third kappa shape index (κ3) is 5.60. The summed E-state index contributed by atoms with van der Waals surface area (Å²) in [7, 11) is 0. The summed E-state index contributed by atoms with van der Waals surface area (Å²) in [5.74, 6) is 0.778. The van der Waals surface area contributed by atoms with Crippen LogP contribution in [-0.4, -0.2) is 19.1 Å². The van der Waals surface area contributed by atoms with Crippen molar-refractivity contribution in [2.75, 3.05) is 18.5 Å². The van der Waals surface area contributed by atoms with Gasteiger partial charge in [0.1, 0.15) is 5.75 Å². The summed E-state index contributed by atoms with van der Waals surface area (Å²) in [6.07, 6.45) is 0. The Morgan fingerprint density at radius 1 is 1.13 bits per heavy atom. The number of carbonyl (C=O) groups is 1. The molecule has 23 heavy (non-hydrogen) atoms. The van der Waals surface area contributed by atoms with Crippen LogP contribution >= 0.6 is 15.9 Å². The predicted molar refractivity (Wildman–Crippen MR) is 96.8 cm³/mol. The molecule has 0 aliphatic carbocycles. The van der Waals surface area contributed by atoms with Gasteiger partial charge in [-0.1, -0.05) is 28.1 Å². The molecule has 122 valence electrons. The number of hydrogen-bond acceptors (Lipinski definition) is 3. The molecule has 0 aromatic heterocycles. The van der Waals surface area contributed by atoms with Crippen molar-refractivity contribution >= 4 is 27.5 Å². The smallest absolute Gasteiger partial charge is 0.239 e. The SMILES string of the molecule is CCOc1ccc(NCC(=O)NC(C)c2ccc(Br)cc2)cc1. The number of hydrogen-bond donors (Lipinski definition) is 2. The molecule has 1 amide bonds. The summed E-state index contributed by atoms with van der Waals surface area (Å²) >= 11 is 3.40. The van der Waals surface area contributed by atoms with Crippen molar-refractivity contribution in [3.63, 3.8) is 0 Å². The number of benzene rings is 2. The predicted octanol–water partition coefficient (Wildman–Crippen LogP) is 4.14. The lowest BCUT2D eigenvalue weighted by atomic mass is 10.1. The van der Waals surface area contributed by atoms with Crippen LogP contribution in [0.15, 0.2) is 53.0 Å². The Bertz CT molecular complexity index is 626. The van der Waals surface area contributed by atoms with Crippen LogP contribution in [0.2, 0.25) is 0 Å². The quantitative estimate of drug-likeness (QED) is 0.763. The monoisotopic (exact) mass is 376 g/mol. The van der Waals surface area contributed by atoms with Gasteiger partial charge in [0.15, 0.2) is 0 Å². The Balaban J connectivity index is 1.81. The van der Waals surface area contributed by atoms with Gasteiger partial charge < -0.3 is 15.4 Å². The van der Waals surface area contributed by atoms with Gasteiger partial charge in [0.2, 0.25) is 5.91 Å². The minimum absolute atomic E-state index is 0.0299. The van der Waals surface area contributed by atoms with Gasteiger partial charge in [-0.2, -0.15) is 0 Å². The second-order valence-electron chi connectivity index (χ2n) is 5.15. The van der Waals surface area contributed by atoms with Crippen molar-refractivity contribution in [3.05, 3.63) is 58.6 Å². The van der Waals surface area contributed by atoms with Crippen LogP contribution in [0.3, 0.4) is 0 Å². The topological polar surface area (TPSA) is 50.4 Å². The molecule has 0 bridgehead atoms. The van der Waals surface area contributed by atoms with E-state index in [1.54, 1.807) is 0 Å². The lowest BCUT2D eigenvalue weighted by Gasteiger charge is -2.15. The summed E-state index contributed by atoms with van der Waals surface area (Å²) < 4.78 is 6.41. The van der Waals surface area contributed by atoms with E-state index in [2.05, 4.69) is 26.6 Å². The fraction of sp³-hybridized carbons (Fsp3) is 0.278. The van der Waals surface area contributed by atoms with E-state index in [4.69, 9.17) is 4.74 Å². The number of ether oxygens (including phenoxy) is 1. The molecule has 0 heterocycles. The van der Waals surface area contributed by atoms with E-state index in [0.29, 0.717) is 6.61 Å². The maximum absolute atomic E-state index is 12.0. The number of carbonyl (C=O) groups excluding carboxylic acids is 1. The highest BCUT2D eigenvalue weighted by atomic mass is 79.9. The second kappa shape index (κ2) is 8.58. The van der Waals surface area contributed by atoms with Gasteiger partial charge in [-0.25, -0.2) is 0 Å². The maximum atomic E-state index is 12.0. The molecule has 0 radical (unpaired) electrons. The fourth-order valence-corrected chi connectivity index (χ4v) is 2.41. The number of amides is 1. The van der Waals surface area contributed by atoms with E-state index in [9.17, 15) is 4.79 Å². The van der Waals surface area contributed by atoms with Crippen molar-refractivity contribution in [2.24, 2.45) is 0 Å². The van der Waals surface area contributed by atoms with Gasteiger partial charge in [0.05, 0.1) is 19.2 Å². The minimum atomic E-state index is -0.0469. The van der Waals surface area contributed by atoms with Crippen LogP contribution in [-0.2, 0) is 4.79 Å². The largest absolute Gasteiger partial charge is 0.494 e. The maximum Gasteiger partial charge on any atom is 0.239 e. The van der Waals surface area contributed by atoms with E-state index in [1.165, 1.54) is 0 Å². The molecule has 2 aromatic carbocycles. The van der Waals surface area contributed by atoms with Crippen LogP contribution < -0.4 is 15.4 Å². The van der Waals surface area contributed by atoms with E-state index < -0.39 is 0 Å². The summed E-state index contributed by atoms with van der Waals surface area (Å²) in [5.41, 5.74) is 1.96. The average molecular weight is 377 g/mol. The molecular weight excluding hydrogens is 356 g/mol. The first kappa shape index (κ1) is 17.3. The van der Waals surface area contributed by atoms with Crippen molar-refractivity contribution in [3.8, 4) is 5.75 Å². The molecular formula is C18H21BrN2O2. The van der Waals surface area contributed by atoms with Crippen LogP contribution in [0.5, 0.6) is 5.75 Å². The Hall–Kier alpha value is -2.01. The molecule has 0 aliphatic heterocycles. The molecule has 4 nitrogen and oxygen atoms in total. The Morgan fingerprint density at radius 3 is 2.39 bits per heavy atom. The van der Waals surface area contributed by atoms with Crippen LogP contribution in [0.1, 0.15) is 25.5 Å². The van der Waals surface area contributed by atoms with E-state index in [-0.39, 0.29) is 18.5 Å². The van der Waals surface area contributed by atoms with Gasteiger partial charge >= 0.3 is 0 Å². The lowest BCUT2D eigenvalue weighted by Crippen LogP contribution is -2.32. The molecule has 1 atom stereocenters. The zero-order valence-corrected chi connectivity index (χ0v) is 14.9. The van der Waals surface area contributed by atoms with Gasteiger partial charge in [-0.05, 0) is 55.8 Å². The second-order valence-corrected chi connectivity index (χ2v) is 6.07. The number of halogens is 1. The Kier molecular flexibility index (Phi) is 6.47. The normalized spacial score (nSPS) is 11.6. The summed E-state index contributed by atoms with van der Waals surface area (Å²) in [6, 6.07) is 15.5. The highest BCUT2D eigenvalue weighted by Crippen LogP contribution is 2.17. The molecule has 0 saturated carbocycles. The molecule has 0 spiro atoms. The fourth-order valence-electron chi connectivity index (χ4n) is 2.15. The molecule has 1 unspecified atom stereocenters. The van der Waals surface area contributed by atoms with Crippen LogP contribution in [0, 0.1) is 0 Å². The molecule has 2 aromatic rings. The lowest BCUT2D eigenvalue weighted by molar-refractivity contribution is -0.120. The van der Waals surface area contributed by atoms with Crippen LogP contribution in [0.25, 0.3) is 0 Å². The summed E-state index contributed by atoms with van der Waals surface area (Å²) in [4.78, 5) is 12.0. The van der Waals surface area contributed by atoms with Gasteiger partial charge in [0, 0.05) is 10.2 Å². The highest BCUT2D eigenvalue weighted by molar-refractivity contribution is 9.10. The standard InChI is InChI=1S/C18H21BrN2O2/c1-3-23-17-10-8-16(9-11-17)20-12-18(22)21-13(2)14-4-6-15(19)7-5-14/h4-11,13,20H,3,12H2,1-2H3,(H,21,22). The van der Waals surface area contributed by atoms with Crippen molar-refractivity contribution in [1.29, 1.82) is 0 Å². The number of nitrogens with one attached hydrogen (secondary N) is 2.